The number of hydrogen-bond acceptors (Lipinski definition) is 6. The van der Waals surface area contributed by atoms with Crippen molar-refractivity contribution in [2.75, 3.05) is 6.61 Å². The summed E-state index contributed by atoms with van der Waals surface area (Å²) in [6, 6.07) is 12.2. The predicted octanol–water partition coefficient (Wildman–Crippen LogP) is 3.91. The molecule has 6 nitrogen and oxygen atoms in total. The molecule has 0 aliphatic heterocycles. The van der Waals surface area contributed by atoms with Gasteiger partial charge in [0.1, 0.15) is 22.9 Å². The average molecular weight is 485 g/mol. The van der Waals surface area contributed by atoms with Crippen molar-refractivity contribution in [1.29, 1.82) is 0 Å². The lowest BCUT2D eigenvalue weighted by molar-refractivity contribution is -0.159. The van der Waals surface area contributed by atoms with Crippen LogP contribution in [0, 0.1) is 24.2 Å². The Morgan fingerprint density at radius 2 is 1.82 bits per heavy atom. The van der Waals surface area contributed by atoms with Gasteiger partial charge in [0.15, 0.2) is 5.78 Å². The van der Waals surface area contributed by atoms with Crippen molar-refractivity contribution in [3.8, 4) is 5.75 Å². The number of carbonyl (C=O) groups excluding carboxylic acids is 1. The number of aliphatic hydroxyl groups is 2. The van der Waals surface area contributed by atoms with Crippen LogP contribution in [-0.2, 0) is 21.3 Å². The molecule has 5 rings (SSSR count). The maximum Gasteiger partial charge on any atom is 0.339 e. The second-order valence-corrected chi connectivity index (χ2v) is 12.1. The summed E-state index contributed by atoms with van der Waals surface area (Å²) >= 11 is 0. The Labute approximate surface area is 201 Å². The van der Waals surface area contributed by atoms with E-state index in [2.05, 4.69) is 0 Å². The Kier molecular flexibility index (Phi) is 5.66. The Morgan fingerprint density at radius 3 is 2.53 bits per heavy atom. The summed E-state index contributed by atoms with van der Waals surface area (Å²) in [5.74, 6) is 0.759. The minimum atomic E-state index is -3.90. The van der Waals surface area contributed by atoms with Crippen LogP contribution in [0.25, 0.3) is 0 Å². The van der Waals surface area contributed by atoms with Gasteiger partial charge in [0.2, 0.25) is 0 Å². The first-order valence-electron chi connectivity index (χ1n) is 12.1. The van der Waals surface area contributed by atoms with Gasteiger partial charge in [0, 0.05) is 5.41 Å². The van der Waals surface area contributed by atoms with Crippen LogP contribution in [0.4, 0.5) is 0 Å². The maximum atomic E-state index is 12.7. The SMILES string of the molecule is Cc1ccc(S(=O)(=O)Oc2ccc3c(c2)CCC2C3CCC3(C)C2CCC3(O)C(=O)CO)cc1. The van der Waals surface area contributed by atoms with Crippen LogP contribution in [0.15, 0.2) is 47.4 Å². The first kappa shape index (κ1) is 23.5. The molecular formula is C27H32O6S. The third kappa shape index (κ3) is 3.51. The van der Waals surface area contributed by atoms with E-state index in [9.17, 15) is 23.4 Å². The van der Waals surface area contributed by atoms with E-state index >= 15 is 0 Å². The zero-order chi connectivity index (χ0) is 24.3. The van der Waals surface area contributed by atoms with Crippen LogP contribution in [0.1, 0.15) is 61.6 Å². The van der Waals surface area contributed by atoms with E-state index in [0.717, 1.165) is 43.2 Å². The van der Waals surface area contributed by atoms with Crippen molar-refractivity contribution in [3.05, 3.63) is 59.2 Å². The average Bonchev–Trinajstić information content (AvgIpc) is 3.10. The first-order valence-corrected chi connectivity index (χ1v) is 13.5. The summed E-state index contributed by atoms with van der Waals surface area (Å²) in [6.07, 6.45) is 4.50. The molecule has 2 fully saturated rings. The fourth-order valence-corrected chi connectivity index (χ4v) is 8.02. The summed E-state index contributed by atoms with van der Waals surface area (Å²) in [4.78, 5) is 12.6. The summed E-state index contributed by atoms with van der Waals surface area (Å²) in [5.41, 5.74) is 1.35. The van der Waals surface area contributed by atoms with Gasteiger partial charge in [-0.3, -0.25) is 4.79 Å². The fraction of sp³-hybridized carbons (Fsp3) is 0.519. The third-order valence-electron chi connectivity index (χ3n) is 8.97. The number of aliphatic hydroxyl groups excluding tert-OH is 1. The van der Waals surface area contributed by atoms with E-state index in [0.29, 0.717) is 24.0 Å². The zero-order valence-electron chi connectivity index (χ0n) is 19.7. The van der Waals surface area contributed by atoms with Crippen molar-refractivity contribution in [2.24, 2.45) is 17.3 Å². The number of Topliss-reactive ketones (excluding diaryl/α,β-unsaturated/α-hetero) is 1. The van der Waals surface area contributed by atoms with E-state index in [1.54, 1.807) is 30.3 Å². The van der Waals surface area contributed by atoms with Crippen LogP contribution >= 0.6 is 0 Å². The molecule has 0 heterocycles. The van der Waals surface area contributed by atoms with Crippen molar-refractivity contribution >= 4 is 15.9 Å². The molecule has 5 atom stereocenters. The molecule has 0 amide bonds. The van der Waals surface area contributed by atoms with Gasteiger partial charge in [-0.05, 0) is 98.6 Å². The van der Waals surface area contributed by atoms with Crippen molar-refractivity contribution in [3.63, 3.8) is 0 Å². The van der Waals surface area contributed by atoms with E-state index in [1.807, 2.05) is 26.0 Å². The van der Waals surface area contributed by atoms with E-state index in [-0.39, 0.29) is 10.8 Å². The Bertz CT molecular complexity index is 1220. The molecule has 2 aromatic carbocycles. The van der Waals surface area contributed by atoms with Gasteiger partial charge < -0.3 is 14.4 Å². The number of ketones is 1. The Hall–Kier alpha value is -2.22. The van der Waals surface area contributed by atoms with Gasteiger partial charge in [-0.1, -0.05) is 30.7 Å². The van der Waals surface area contributed by atoms with E-state index < -0.39 is 33.5 Å². The molecular weight excluding hydrogens is 452 g/mol. The van der Waals surface area contributed by atoms with Gasteiger partial charge in [-0.2, -0.15) is 8.42 Å². The number of fused-ring (bicyclic) bond motifs is 5. The van der Waals surface area contributed by atoms with Gasteiger partial charge in [0.25, 0.3) is 0 Å². The van der Waals surface area contributed by atoms with Crippen molar-refractivity contribution in [2.45, 2.75) is 68.8 Å². The molecule has 0 aromatic heterocycles. The van der Waals surface area contributed by atoms with Crippen LogP contribution < -0.4 is 4.18 Å². The smallest absolute Gasteiger partial charge is 0.339 e. The highest BCUT2D eigenvalue weighted by Crippen LogP contribution is 2.64. The Morgan fingerprint density at radius 1 is 1.09 bits per heavy atom. The molecule has 0 radical (unpaired) electrons. The molecule has 0 spiro atoms. The second kappa shape index (κ2) is 8.18. The minimum Gasteiger partial charge on any atom is -0.388 e. The molecule has 34 heavy (non-hydrogen) atoms. The summed E-state index contributed by atoms with van der Waals surface area (Å²) in [6.45, 7) is 3.30. The standard InChI is InChI=1S/C27H32O6S/c1-17-3-7-20(8-4-17)34(31,32)33-19-6-10-21-18(15-19)5-9-23-22(21)11-13-26(2)24(23)12-14-27(26,30)25(29)16-28/h3-4,6-8,10,15,22-24,28,30H,5,9,11-14,16H2,1-2H3. The lowest BCUT2D eigenvalue weighted by atomic mass is 9.53. The van der Waals surface area contributed by atoms with E-state index in [4.69, 9.17) is 4.18 Å². The molecule has 5 unspecified atom stereocenters. The van der Waals surface area contributed by atoms with Crippen LogP contribution in [0.3, 0.4) is 0 Å². The molecule has 0 saturated heterocycles. The molecule has 0 bridgehead atoms. The normalized spacial score (nSPS) is 32.4. The molecule has 3 aliphatic carbocycles. The molecule has 7 heteroatoms. The van der Waals surface area contributed by atoms with Gasteiger partial charge in [-0.25, -0.2) is 0 Å². The topological polar surface area (TPSA) is 101 Å². The zero-order valence-corrected chi connectivity index (χ0v) is 20.5. The number of hydrogen-bond donors (Lipinski definition) is 2. The quantitative estimate of drug-likeness (QED) is 0.624. The molecule has 3 aliphatic rings. The highest BCUT2D eigenvalue weighted by molar-refractivity contribution is 7.87. The van der Waals surface area contributed by atoms with Gasteiger partial charge >= 0.3 is 10.1 Å². The number of aryl methyl sites for hydroxylation is 2. The maximum absolute atomic E-state index is 12.7. The highest BCUT2D eigenvalue weighted by atomic mass is 32.2. The molecule has 182 valence electrons. The van der Waals surface area contributed by atoms with Gasteiger partial charge in [-0.15, -0.1) is 0 Å². The minimum absolute atomic E-state index is 0.133. The predicted molar refractivity (Wildman–Crippen MR) is 127 cm³/mol. The van der Waals surface area contributed by atoms with E-state index in [1.165, 1.54) is 5.56 Å². The first-order chi connectivity index (χ1) is 16.1. The second-order valence-electron chi connectivity index (χ2n) is 10.6. The lowest BCUT2D eigenvalue weighted by Crippen LogP contribution is -2.55. The van der Waals surface area contributed by atoms with Crippen LogP contribution in [-0.4, -0.2) is 36.6 Å². The van der Waals surface area contributed by atoms with Crippen LogP contribution in [0.2, 0.25) is 0 Å². The van der Waals surface area contributed by atoms with Crippen molar-refractivity contribution in [1.82, 2.24) is 0 Å². The summed E-state index contributed by atoms with van der Waals surface area (Å²) < 4.78 is 30.9. The monoisotopic (exact) mass is 484 g/mol. The van der Waals surface area contributed by atoms with Crippen LogP contribution in [0.5, 0.6) is 5.75 Å². The molecule has 2 aromatic rings. The van der Waals surface area contributed by atoms with Gasteiger partial charge in [0.05, 0.1) is 0 Å². The largest absolute Gasteiger partial charge is 0.388 e. The Balaban J connectivity index is 1.39. The third-order valence-corrected chi connectivity index (χ3v) is 10.2. The van der Waals surface area contributed by atoms with Crippen molar-refractivity contribution < 1.29 is 27.6 Å². The molecule has 2 N–H and O–H groups in total. The number of carbonyl (C=O) groups is 1. The number of rotatable bonds is 5. The fourth-order valence-electron chi connectivity index (χ4n) is 7.10. The lowest BCUT2D eigenvalue weighted by Gasteiger charge is -2.52. The summed E-state index contributed by atoms with van der Waals surface area (Å²) in [5, 5.41) is 20.7. The highest BCUT2D eigenvalue weighted by Gasteiger charge is 2.64. The molecule has 2 saturated carbocycles. The number of benzene rings is 2. The summed E-state index contributed by atoms with van der Waals surface area (Å²) in [7, 11) is -3.90.